The zero-order valence-corrected chi connectivity index (χ0v) is 11.1. The topological polar surface area (TPSA) is 86.4 Å². The van der Waals surface area contributed by atoms with Crippen LogP contribution in [0.2, 0.25) is 0 Å². The smallest absolute Gasteiger partial charge is 0.511 e. The molecular weight excluding hydrogens is 242 g/mol. The van der Waals surface area contributed by atoms with Crippen LogP contribution in [0.4, 0.5) is 4.79 Å². The van der Waals surface area contributed by atoms with Gasteiger partial charge in [0.2, 0.25) is 5.28 Å². The number of carbonyl (C=O) groups is 1. The average Bonchev–Trinajstić information content (AvgIpc) is 2.08. The lowest BCUT2D eigenvalue weighted by atomic mass is 10.2. The molecule has 0 spiro atoms. The molecule has 1 rings (SSSR count). The van der Waals surface area contributed by atoms with Crippen molar-refractivity contribution in [2.45, 2.75) is 46.0 Å². The fourth-order valence-corrected chi connectivity index (χ4v) is 1.06. The Morgan fingerprint density at radius 2 is 2.06 bits per heavy atom. The van der Waals surface area contributed by atoms with E-state index in [0.717, 1.165) is 6.42 Å². The highest BCUT2D eigenvalue weighted by Crippen LogP contribution is 2.10. The number of carbonyl (C=O) groups excluding carboxylic acids is 1. The lowest BCUT2D eigenvalue weighted by Gasteiger charge is -2.25. The highest BCUT2D eigenvalue weighted by Gasteiger charge is 2.23. The quantitative estimate of drug-likeness (QED) is 0.252. The van der Waals surface area contributed by atoms with Crippen LogP contribution in [-0.4, -0.2) is 41.1 Å². The number of hydrazine groups is 1. The van der Waals surface area contributed by atoms with Crippen molar-refractivity contribution in [3.8, 4) is 0 Å². The lowest BCUT2D eigenvalue weighted by Crippen LogP contribution is -2.42. The van der Waals surface area contributed by atoms with Gasteiger partial charge in [-0.3, -0.25) is 4.84 Å². The van der Waals surface area contributed by atoms with Crippen molar-refractivity contribution in [1.29, 1.82) is 0 Å². The van der Waals surface area contributed by atoms with Crippen molar-refractivity contribution in [1.82, 2.24) is 5.01 Å². The molecular formula is C10H19N3O5. The Hall–Kier alpha value is -1.73. The van der Waals surface area contributed by atoms with Gasteiger partial charge in [-0.2, -0.15) is 0 Å². The Labute approximate surface area is 106 Å². The zero-order valence-electron chi connectivity index (χ0n) is 11.1. The van der Waals surface area contributed by atoms with Crippen molar-refractivity contribution >= 4 is 6.16 Å². The van der Waals surface area contributed by atoms with E-state index in [1.165, 1.54) is 11.9 Å². The maximum Gasteiger partial charge on any atom is 0.511 e. The van der Waals surface area contributed by atoms with Crippen molar-refractivity contribution in [2.75, 3.05) is 13.1 Å². The molecule has 1 aliphatic heterocycles. The lowest BCUT2D eigenvalue weighted by molar-refractivity contribution is -0.724. The van der Waals surface area contributed by atoms with E-state index < -0.39 is 18.0 Å². The average molecular weight is 261 g/mol. The Balaban J connectivity index is 2.28. The summed E-state index contributed by atoms with van der Waals surface area (Å²) in [6, 6.07) is 0. The first-order chi connectivity index (χ1) is 8.28. The van der Waals surface area contributed by atoms with Gasteiger partial charge >= 0.3 is 6.16 Å². The van der Waals surface area contributed by atoms with Gasteiger partial charge in [0.1, 0.15) is 5.60 Å². The number of ether oxygens (including phenoxy) is 2. The number of hydrogen-bond donors (Lipinski definition) is 0. The van der Waals surface area contributed by atoms with E-state index in [1.807, 2.05) is 0 Å². The summed E-state index contributed by atoms with van der Waals surface area (Å²) in [6.07, 6.45) is -0.901. The van der Waals surface area contributed by atoms with E-state index >= 15 is 0 Å². The molecule has 0 N–H and O–H groups in total. The fourth-order valence-electron chi connectivity index (χ4n) is 1.06. The standard InChI is InChI=1S/C10H19N3O5/c1-8(16-9(14)17-10(2,3)4)18-11-13(15)12-6-5-7-12/h8H,5-7H2,1-4H3. The largest absolute Gasteiger partial charge is 0.569 e. The van der Waals surface area contributed by atoms with Crippen LogP contribution in [0.25, 0.3) is 0 Å². The first kappa shape index (κ1) is 14.3. The summed E-state index contributed by atoms with van der Waals surface area (Å²) in [6.45, 7) is 7.89. The van der Waals surface area contributed by atoms with Crippen LogP contribution in [0.1, 0.15) is 34.1 Å². The van der Waals surface area contributed by atoms with E-state index in [1.54, 1.807) is 20.8 Å². The van der Waals surface area contributed by atoms with Crippen molar-refractivity contribution < 1.29 is 24.1 Å². The molecule has 8 heteroatoms. The minimum absolute atomic E-state index is 0.346. The van der Waals surface area contributed by atoms with Gasteiger partial charge in [-0.1, -0.05) is 0 Å². The first-order valence-corrected chi connectivity index (χ1v) is 5.76. The summed E-state index contributed by atoms with van der Waals surface area (Å²) in [5.41, 5.74) is -0.643. The van der Waals surface area contributed by atoms with Gasteiger partial charge in [0, 0.05) is 6.92 Å². The Kier molecular flexibility index (Phi) is 4.57. The molecule has 0 amide bonds. The predicted molar refractivity (Wildman–Crippen MR) is 60.1 cm³/mol. The van der Waals surface area contributed by atoms with Gasteiger partial charge in [0.25, 0.3) is 6.29 Å². The second-order valence-corrected chi connectivity index (χ2v) is 4.90. The van der Waals surface area contributed by atoms with E-state index in [4.69, 9.17) is 14.3 Å². The summed E-state index contributed by atoms with van der Waals surface area (Å²) < 4.78 is 9.66. The minimum atomic E-state index is -0.988. The van der Waals surface area contributed by atoms with Crippen LogP contribution in [0, 0.1) is 5.21 Å². The van der Waals surface area contributed by atoms with Crippen molar-refractivity contribution in [3.63, 3.8) is 0 Å². The first-order valence-electron chi connectivity index (χ1n) is 5.76. The van der Waals surface area contributed by atoms with Gasteiger partial charge in [-0.15, -0.1) is 5.01 Å². The molecule has 104 valence electrons. The number of hydrogen-bond acceptors (Lipinski definition) is 6. The molecule has 8 nitrogen and oxygen atoms in total. The third-order valence-electron chi connectivity index (χ3n) is 1.99. The van der Waals surface area contributed by atoms with Crippen LogP contribution in [0.3, 0.4) is 0 Å². The normalized spacial score (nSPS) is 17.8. The molecule has 0 aliphatic carbocycles. The van der Waals surface area contributed by atoms with Crippen LogP contribution in [0.15, 0.2) is 5.28 Å². The summed E-state index contributed by atoms with van der Waals surface area (Å²) in [4.78, 5) is 16.3. The van der Waals surface area contributed by atoms with Crippen LogP contribution in [-0.2, 0) is 14.3 Å². The van der Waals surface area contributed by atoms with Crippen molar-refractivity contribution in [3.05, 3.63) is 5.21 Å². The molecule has 0 bridgehead atoms. The monoisotopic (exact) mass is 261 g/mol. The molecule has 0 aromatic carbocycles. The highest BCUT2D eigenvalue weighted by molar-refractivity contribution is 5.60. The van der Waals surface area contributed by atoms with E-state index in [9.17, 15) is 10.0 Å². The van der Waals surface area contributed by atoms with Crippen molar-refractivity contribution in [2.24, 2.45) is 5.28 Å². The summed E-state index contributed by atoms with van der Waals surface area (Å²) >= 11 is 0. The predicted octanol–water partition coefficient (Wildman–Crippen LogP) is 1.80. The maximum absolute atomic E-state index is 11.2. The molecule has 1 atom stereocenters. The van der Waals surface area contributed by atoms with Crippen LogP contribution >= 0.6 is 0 Å². The van der Waals surface area contributed by atoms with Gasteiger partial charge in [0.05, 0.1) is 18.1 Å². The zero-order chi connectivity index (χ0) is 13.8. The second kappa shape index (κ2) is 5.74. The molecule has 0 radical (unpaired) electrons. The molecule has 1 heterocycles. The summed E-state index contributed by atoms with van der Waals surface area (Å²) in [7, 11) is 0. The summed E-state index contributed by atoms with van der Waals surface area (Å²) in [5, 5.41) is 15.9. The molecule has 18 heavy (non-hydrogen) atoms. The number of nitrogens with zero attached hydrogens (tertiary/aromatic N) is 3. The molecule has 1 aliphatic rings. The Morgan fingerprint density at radius 3 is 2.50 bits per heavy atom. The van der Waals surface area contributed by atoms with E-state index in [-0.39, 0.29) is 0 Å². The molecule has 0 saturated carbocycles. The Bertz CT molecular complexity index is 322. The van der Waals surface area contributed by atoms with Gasteiger partial charge in [0.15, 0.2) is 0 Å². The van der Waals surface area contributed by atoms with E-state index in [0.29, 0.717) is 18.1 Å². The fraction of sp³-hybridized carbons (Fsp3) is 0.900. The van der Waals surface area contributed by atoms with Gasteiger partial charge in [-0.05, 0) is 27.2 Å². The highest BCUT2D eigenvalue weighted by atomic mass is 16.8. The number of rotatable bonds is 4. The van der Waals surface area contributed by atoms with Gasteiger partial charge < -0.3 is 14.7 Å². The van der Waals surface area contributed by atoms with Crippen LogP contribution < -0.4 is 0 Å². The van der Waals surface area contributed by atoms with Crippen LogP contribution in [0.5, 0.6) is 0 Å². The van der Waals surface area contributed by atoms with Gasteiger partial charge in [-0.25, -0.2) is 4.79 Å². The van der Waals surface area contributed by atoms with E-state index in [2.05, 4.69) is 5.28 Å². The Morgan fingerprint density at radius 1 is 1.44 bits per heavy atom. The maximum atomic E-state index is 11.2. The molecule has 1 unspecified atom stereocenters. The molecule has 1 fully saturated rings. The minimum Gasteiger partial charge on any atom is -0.569 e. The molecule has 0 aromatic rings. The third-order valence-corrected chi connectivity index (χ3v) is 1.99. The second-order valence-electron chi connectivity index (χ2n) is 4.90. The third kappa shape index (κ3) is 5.07. The SMILES string of the molecule is CC(ON=[N+]([O-])N1CCC1)OC(=O)OC(C)(C)C. The summed E-state index contributed by atoms with van der Waals surface area (Å²) in [5.74, 6) is 0. The molecule has 0 aromatic heterocycles. The molecule has 1 saturated heterocycles.